The van der Waals surface area contributed by atoms with E-state index in [2.05, 4.69) is 56.2 Å². The predicted molar refractivity (Wildman–Crippen MR) is 112 cm³/mol. The van der Waals surface area contributed by atoms with Crippen molar-refractivity contribution in [2.24, 2.45) is 5.92 Å². The zero-order chi connectivity index (χ0) is 19.2. The molecule has 1 aromatic carbocycles. The van der Waals surface area contributed by atoms with Crippen LogP contribution in [0.3, 0.4) is 0 Å². The second-order valence-electron chi connectivity index (χ2n) is 7.60. The Bertz CT molecular complexity index is 829. The van der Waals surface area contributed by atoms with Crippen LogP contribution in [0.2, 0.25) is 13.1 Å². The molecular formula is C21H29NO2SSi. The molecule has 0 N–H and O–H groups in total. The molecule has 0 spiro atoms. The lowest BCUT2D eigenvalue weighted by atomic mass is 10.1. The van der Waals surface area contributed by atoms with Crippen molar-refractivity contribution in [3.8, 4) is 0 Å². The summed E-state index contributed by atoms with van der Waals surface area (Å²) in [6.07, 6.45) is 5.51. The van der Waals surface area contributed by atoms with Crippen molar-refractivity contribution >= 4 is 23.1 Å². The number of pyridine rings is 1. The van der Waals surface area contributed by atoms with E-state index in [0.29, 0.717) is 5.92 Å². The number of aromatic nitrogens is 1. The molecule has 0 aliphatic heterocycles. The monoisotopic (exact) mass is 387 g/mol. The van der Waals surface area contributed by atoms with Crippen molar-refractivity contribution in [3.05, 3.63) is 66.0 Å². The van der Waals surface area contributed by atoms with E-state index in [9.17, 15) is 8.42 Å². The maximum Gasteiger partial charge on any atom is 0.199 e. The van der Waals surface area contributed by atoms with E-state index < -0.39 is 17.9 Å². The molecule has 0 aliphatic rings. The molecule has 0 atom stereocenters. The maximum atomic E-state index is 12.6. The van der Waals surface area contributed by atoms with Crippen LogP contribution >= 0.6 is 0 Å². The van der Waals surface area contributed by atoms with Crippen LogP contribution in [0, 0.1) is 5.92 Å². The van der Waals surface area contributed by atoms with Gasteiger partial charge in [-0.3, -0.25) is 0 Å². The van der Waals surface area contributed by atoms with E-state index in [0.717, 1.165) is 12.8 Å². The minimum Gasteiger partial charge on any atom is -0.245 e. The minimum atomic E-state index is -3.40. The Balaban J connectivity index is 2.34. The lowest BCUT2D eigenvalue weighted by molar-refractivity contribution is 0.589. The van der Waals surface area contributed by atoms with Gasteiger partial charge < -0.3 is 0 Å². The van der Waals surface area contributed by atoms with Gasteiger partial charge in [0.2, 0.25) is 0 Å². The third-order valence-electron chi connectivity index (χ3n) is 4.79. The van der Waals surface area contributed by atoms with E-state index >= 15 is 0 Å². The molecule has 2 aromatic rings. The van der Waals surface area contributed by atoms with Crippen molar-refractivity contribution in [2.45, 2.75) is 44.8 Å². The Labute approximate surface area is 159 Å². The van der Waals surface area contributed by atoms with Gasteiger partial charge in [-0.05, 0) is 30.9 Å². The molecule has 1 heterocycles. The number of nitrogens with zero attached hydrogens (tertiary/aromatic N) is 1. The highest BCUT2D eigenvalue weighted by atomic mass is 32.2. The molecule has 0 saturated carbocycles. The van der Waals surface area contributed by atoms with Crippen LogP contribution in [0.1, 0.15) is 26.7 Å². The van der Waals surface area contributed by atoms with Gasteiger partial charge in [0.15, 0.2) is 14.9 Å². The van der Waals surface area contributed by atoms with E-state index in [4.69, 9.17) is 0 Å². The SMILES string of the molecule is CC(C)CC/C(=C\CS(=O)(=O)c1ccccn1)[Si](C)(C)c1ccccc1. The van der Waals surface area contributed by atoms with Crippen LogP contribution in [0.15, 0.2) is 71.0 Å². The number of hydrogen-bond acceptors (Lipinski definition) is 3. The standard InChI is InChI=1S/C21H29NO2SSi/c1-18(2)13-14-20(26(3,4)19-10-6-5-7-11-19)15-17-25(23,24)21-12-8-9-16-22-21/h5-12,15-16,18H,13-14,17H2,1-4H3/b20-15+. The van der Waals surface area contributed by atoms with Gasteiger partial charge in [0.25, 0.3) is 0 Å². The Morgan fingerprint density at radius 2 is 1.73 bits per heavy atom. The van der Waals surface area contributed by atoms with E-state index in [1.165, 1.54) is 16.6 Å². The molecule has 3 nitrogen and oxygen atoms in total. The van der Waals surface area contributed by atoms with Crippen LogP contribution in [-0.2, 0) is 9.84 Å². The first-order chi connectivity index (χ1) is 12.2. The third-order valence-corrected chi connectivity index (χ3v) is 10.1. The highest BCUT2D eigenvalue weighted by Crippen LogP contribution is 2.23. The van der Waals surface area contributed by atoms with Gasteiger partial charge in [-0.25, -0.2) is 13.4 Å². The molecule has 0 aliphatic carbocycles. The summed E-state index contributed by atoms with van der Waals surface area (Å²) in [5.41, 5.74) is 0. The molecule has 0 fully saturated rings. The summed E-state index contributed by atoms with van der Waals surface area (Å²) < 4.78 is 25.3. The molecule has 0 unspecified atom stereocenters. The molecule has 5 heteroatoms. The average Bonchev–Trinajstić information content (AvgIpc) is 2.62. The Hall–Kier alpha value is -1.72. The van der Waals surface area contributed by atoms with Crippen LogP contribution in [0.4, 0.5) is 0 Å². The summed E-state index contributed by atoms with van der Waals surface area (Å²) in [4.78, 5) is 4.02. The topological polar surface area (TPSA) is 47.0 Å². The van der Waals surface area contributed by atoms with E-state index in [-0.39, 0.29) is 10.8 Å². The normalized spacial score (nSPS) is 13.2. The fourth-order valence-corrected chi connectivity index (χ4v) is 7.01. The highest BCUT2D eigenvalue weighted by Gasteiger charge is 2.28. The molecule has 140 valence electrons. The summed E-state index contributed by atoms with van der Waals surface area (Å²) in [5.74, 6) is 0.604. The second-order valence-corrected chi connectivity index (χ2v) is 14.1. The number of hydrogen-bond donors (Lipinski definition) is 0. The lowest BCUT2D eigenvalue weighted by Gasteiger charge is -2.27. The largest absolute Gasteiger partial charge is 0.245 e. The van der Waals surface area contributed by atoms with Gasteiger partial charge in [-0.1, -0.05) is 79.8 Å². The van der Waals surface area contributed by atoms with Gasteiger partial charge in [0.1, 0.15) is 8.07 Å². The molecule has 0 bridgehead atoms. The molecule has 26 heavy (non-hydrogen) atoms. The first-order valence-electron chi connectivity index (χ1n) is 9.12. The molecule has 0 amide bonds. The molecule has 1 aromatic heterocycles. The van der Waals surface area contributed by atoms with Crippen molar-refractivity contribution in [1.29, 1.82) is 0 Å². The fraction of sp³-hybridized carbons (Fsp3) is 0.381. The Morgan fingerprint density at radius 1 is 1.08 bits per heavy atom. The summed E-state index contributed by atoms with van der Waals surface area (Å²) >= 11 is 0. The molecular weight excluding hydrogens is 358 g/mol. The number of sulfone groups is 1. The fourth-order valence-electron chi connectivity index (χ4n) is 2.98. The van der Waals surface area contributed by atoms with Crippen molar-refractivity contribution < 1.29 is 8.42 Å². The zero-order valence-electron chi connectivity index (χ0n) is 16.1. The number of rotatable bonds is 8. The summed E-state index contributed by atoms with van der Waals surface area (Å²) in [7, 11) is -5.30. The first-order valence-corrected chi connectivity index (χ1v) is 13.8. The average molecular weight is 388 g/mol. The van der Waals surface area contributed by atoms with Crippen molar-refractivity contribution in [1.82, 2.24) is 4.98 Å². The summed E-state index contributed by atoms with van der Waals surface area (Å²) in [5, 5.41) is 2.79. The van der Waals surface area contributed by atoms with Crippen LogP contribution in [-0.4, -0.2) is 27.2 Å². The van der Waals surface area contributed by atoms with E-state index in [1.54, 1.807) is 18.2 Å². The lowest BCUT2D eigenvalue weighted by Crippen LogP contribution is -2.44. The second kappa shape index (κ2) is 8.78. The summed E-state index contributed by atoms with van der Waals surface area (Å²) in [6.45, 7) is 9.03. The summed E-state index contributed by atoms with van der Waals surface area (Å²) in [6, 6.07) is 15.5. The quantitative estimate of drug-likeness (QED) is 0.632. The smallest absolute Gasteiger partial charge is 0.199 e. The minimum absolute atomic E-state index is 0.0146. The Morgan fingerprint density at radius 3 is 2.31 bits per heavy atom. The van der Waals surface area contributed by atoms with Gasteiger partial charge in [0, 0.05) is 6.20 Å². The van der Waals surface area contributed by atoms with Crippen LogP contribution < -0.4 is 5.19 Å². The number of allylic oxidation sites excluding steroid dienone is 1. The van der Waals surface area contributed by atoms with Crippen LogP contribution in [0.5, 0.6) is 0 Å². The predicted octanol–water partition coefficient (Wildman–Crippen LogP) is 4.37. The third kappa shape index (κ3) is 5.38. The van der Waals surface area contributed by atoms with Gasteiger partial charge >= 0.3 is 0 Å². The van der Waals surface area contributed by atoms with Crippen molar-refractivity contribution in [3.63, 3.8) is 0 Å². The van der Waals surface area contributed by atoms with Crippen LogP contribution in [0.25, 0.3) is 0 Å². The first kappa shape index (κ1) is 20.6. The van der Waals surface area contributed by atoms with E-state index in [1.807, 2.05) is 12.1 Å². The number of benzene rings is 1. The van der Waals surface area contributed by atoms with Crippen molar-refractivity contribution in [2.75, 3.05) is 5.75 Å². The molecule has 2 rings (SSSR count). The molecule has 0 radical (unpaired) electrons. The maximum absolute atomic E-state index is 12.6. The Kier molecular flexibility index (Phi) is 6.95. The zero-order valence-corrected chi connectivity index (χ0v) is 18.0. The molecule has 0 saturated heterocycles. The highest BCUT2D eigenvalue weighted by molar-refractivity contribution is 7.91. The van der Waals surface area contributed by atoms with Gasteiger partial charge in [-0.15, -0.1) is 0 Å². The van der Waals surface area contributed by atoms with Gasteiger partial charge in [0.05, 0.1) is 5.75 Å². The van der Waals surface area contributed by atoms with Gasteiger partial charge in [-0.2, -0.15) is 0 Å².